The van der Waals surface area contributed by atoms with Gasteiger partial charge in [-0.15, -0.1) is 0 Å². The van der Waals surface area contributed by atoms with E-state index in [4.69, 9.17) is 10.2 Å². The lowest BCUT2D eigenvalue weighted by molar-refractivity contribution is 0.556. The maximum Gasteiger partial charge on any atom is 0.126 e. The molecule has 2 N–H and O–H groups in total. The monoisotopic (exact) mass is 241 g/mol. The molecule has 0 atom stereocenters. The van der Waals surface area contributed by atoms with Crippen LogP contribution in [0, 0.1) is 0 Å². The Labute approximate surface area is 108 Å². The van der Waals surface area contributed by atoms with Gasteiger partial charge in [-0.05, 0) is 50.5 Å². The summed E-state index contributed by atoms with van der Waals surface area (Å²) in [6.45, 7) is 5.85. The molecule has 2 rings (SSSR count). The van der Waals surface area contributed by atoms with Gasteiger partial charge >= 0.3 is 0 Å². The van der Waals surface area contributed by atoms with Crippen LogP contribution >= 0.6 is 0 Å². The molecule has 0 radical (unpaired) electrons. The molecule has 0 saturated carbocycles. The van der Waals surface area contributed by atoms with Gasteiger partial charge in [0.15, 0.2) is 0 Å². The van der Waals surface area contributed by atoms with Gasteiger partial charge in [-0.3, -0.25) is 0 Å². The zero-order valence-corrected chi connectivity index (χ0v) is 10.8. The van der Waals surface area contributed by atoms with Crippen molar-refractivity contribution in [1.29, 1.82) is 0 Å². The molecule has 1 aromatic rings. The molecule has 0 bridgehead atoms. The average Bonchev–Trinajstić information content (AvgIpc) is 2.97. The third kappa shape index (κ3) is 3.04. The molecule has 1 aromatic heterocycles. The van der Waals surface area contributed by atoms with Crippen molar-refractivity contribution in [2.45, 2.75) is 26.2 Å². The first-order valence-electron chi connectivity index (χ1n) is 6.17. The molecule has 1 aliphatic rings. The number of allylic oxidation sites excluding steroid dienone is 5. The van der Waals surface area contributed by atoms with Crippen molar-refractivity contribution >= 4 is 6.08 Å². The van der Waals surface area contributed by atoms with Gasteiger partial charge < -0.3 is 10.2 Å². The van der Waals surface area contributed by atoms with Crippen LogP contribution in [0.5, 0.6) is 0 Å². The summed E-state index contributed by atoms with van der Waals surface area (Å²) in [4.78, 5) is 0. The van der Waals surface area contributed by atoms with Crippen LogP contribution in [0.25, 0.3) is 6.08 Å². The Kier molecular flexibility index (Phi) is 3.88. The molecule has 2 heteroatoms. The Hall–Kier alpha value is -1.96. The first-order chi connectivity index (χ1) is 8.69. The Morgan fingerprint density at radius 3 is 3.00 bits per heavy atom. The summed E-state index contributed by atoms with van der Waals surface area (Å²) in [6, 6.07) is 3.89. The molecular weight excluding hydrogens is 222 g/mol. The molecule has 94 valence electrons. The van der Waals surface area contributed by atoms with Crippen LogP contribution in [0.4, 0.5) is 0 Å². The molecule has 0 spiro atoms. The molecule has 1 aliphatic carbocycles. The summed E-state index contributed by atoms with van der Waals surface area (Å²) >= 11 is 0. The van der Waals surface area contributed by atoms with Crippen LogP contribution in [-0.4, -0.2) is 0 Å². The molecule has 18 heavy (non-hydrogen) atoms. The fourth-order valence-electron chi connectivity index (χ4n) is 2.20. The maximum atomic E-state index is 5.73. The smallest absolute Gasteiger partial charge is 0.126 e. The summed E-state index contributed by atoms with van der Waals surface area (Å²) in [7, 11) is 0. The highest BCUT2D eigenvalue weighted by molar-refractivity contribution is 5.52. The minimum absolute atomic E-state index is 0.749. The van der Waals surface area contributed by atoms with Gasteiger partial charge in [0.1, 0.15) is 5.76 Å². The van der Waals surface area contributed by atoms with Crippen LogP contribution in [0.1, 0.15) is 31.9 Å². The van der Waals surface area contributed by atoms with E-state index in [-0.39, 0.29) is 0 Å². The van der Waals surface area contributed by atoms with Crippen LogP contribution in [-0.2, 0) is 0 Å². The zero-order valence-electron chi connectivity index (χ0n) is 10.8. The summed E-state index contributed by atoms with van der Waals surface area (Å²) in [5.74, 6) is 0.931. The van der Waals surface area contributed by atoms with E-state index in [2.05, 4.69) is 19.6 Å². The standard InChI is InChI=1S/C16H19NO/c1-3-15(17)7-6-14-10-13(9-12(14)2)11-16-5-4-8-18-16/h3-5,7-8,11H,1,6,9-10,17H2,2H3/b13-11-,15-7+. The number of furan rings is 1. The van der Waals surface area contributed by atoms with Crippen molar-refractivity contribution in [2.24, 2.45) is 5.73 Å². The van der Waals surface area contributed by atoms with E-state index in [9.17, 15) is 0 Å². The number of nitrogens with two attached hydrogens (primary N) is 1. The van der Waals surface area contributed by atoms with Gasteiger partial charge in [0.05, 0.1) is 6.26 Å². The molecule has 0 aromatic carbocycles. The number of rotatable bonds is 4. The van der Waals surface area contributed by atoms with Crippen LogP contribution in [0.3, 0.4) is 0 Å². The zero-order chi connectivity index (χ0) is 13.0. The van der Waals surface area contributed by atoms with Crippen molar-refractivity contribution in [3.63, 3.8) is 0 Å². The number of hydrogen-bond acceptors (Lipinski definition) is 2. The second-order valence-corrected chi connectivity index (χ2v) is 4.67. The molecule has 0 amide bonds. The fourth-order valence-corrected chi connectivity index (χ4v) is 2.20. The third-order valence-electron chi connectivity index (χ3n) is 3.25. The Bertz CT molecular complexity index is 515. The lowest BCUT2D eigenvalue weighted by atomic mass is 10.1. The van der Waals surface area contributed by atoms with Gasteiger partial charge in [0.2, 0.25) is 0 Å². The molecule has 0 aliphatic heterocycles. The summed E-state index contributed by atoms with van der Waals surface area (Å²) in [5.41, 5.74) is 10.8. The summed E-state index contributed by atoms with van der Waals surface area (Å²) in [6.07, 6.45) is 10.5. The van der Waals surface area contributed by atoms with Crippen LogP contribution < -0.4 is 5.73 Å². The first-order valence-corrected chi connectivity index (χ1v) is 6.17. The van der Waals surface area contributed by atoms with Crippen LogP contribution in [0.15, 0.2) is 64.0 Å². The van der Waals surface area contributed by atoms with Crippen molar-refractivity contribution in [2.75, 3.05) is 0 Å². The normalized spacial score (nSPS) is 18.7. The molecule has 0 saturated heterocycles. The molecule has 2 nitrogen and oxygen atoms in total. The Morgan fingerprint density at radius 1 is 1.50 bits per heavy atom. The SMILES string of the molecule is C=C/C(N)=C\CC1=C(C)C/C(=C/c2ccco2)C1. The summed E-state index contributed by atoms with van der Waals surface area (Å²) in [5, 5.41) is 0. The summed E-state index contributed by atoms with van der Waals surface area (Å²) < 4.78 is 5.34. The lowest BCUT2D eigenvalue weighted by Crippen LogP contribution is -1.92. The topological polar surface area (TPSA) is 39.2 Å². The highest BCUT2D eigenvalue weighted by Gasteiger charge is 2.15. The second kappa shape index (κ2) is 5.58. The van der Waals surface area contributed by atoms with Crippen LogP contribution in [0.2, 0.25) is 0 Å². The fraction of sp³-hybridized carbons (Fsp3) is 0.250. The van der Waals surface area contributed by atoms with E-state index >= 15 is 0 Å². The van der Waals surface area contributed by atoms with E-state index in [1.54, 1.807) is 12.3 Å². The number of hydrogen-bond donors (Lipinski definition) is 1. The van der Waals surface area contributed by atoms with Crippen molar-refractivity contribution < 1.29 is 4.42 Å². The molecule has 0 fully saturated rings. The quantitative estimate of drug-likeness (QED) is 0.634. The molecule has 1 heterocycles. The largest absolute Gasteiger partial charge is 0.465 e. The lowest BCUT2D eigenvalue weighted by Gasteiger charge is -1.99. The van der Waals surface area contributed by atoms with E-state index in [0.717, 1.165) is 30.7 Å². The van der Waals surface area contributed by atoms with Gasteiger partial charge in [0.25, 0.3) is 0 Å². The molecular formula is C16H19NO. The third-order valence-corrected chi connectivity index (χ3v) is 3.25. The van der Waals surface area contributed by atoms with Crippen molar-refractivity contribution in [3.05, 3.63) is 65.3 Å². The van der Waals surface area contributed by atoms with E-state index < -0.39 is 0 Å². The van der Waals surface area contributed by atoms with E-state index in [1.807, 2.05) is 18.2 Å². The van der Waals surface area contributed by atoms with Crippen molar-refractivity contribution in [3.8, 4) is 0 Å². The second-order valence-electron chi connectivity index (χ2n) is 4.67. The predicted octanol–water partition coefficient (Wildman–Crippen LogP) is 4.19. The Balaban J connectivity index is 2.03. The van der Waals surface area contributed by atoms with Gasteiger partial charge in [-0.25, -0.2) is 0 Å². The predicted molar refractivity (Wildman–Crippen MR) is 75.7 cm³/mol. The van der Waals surface area contributed by atoms with E-state index in [1.165, 1.54) is 16.7 Å². The average molecular weight is 241 g/mol. The molecule has 0 unspecified atom stereocenters. The van der Waals surface area contributed by atoms with E-state index in [0.29, 0.717) is 0 Å². The minimum atomic E-state index is 0.749. The minimum Gasteiger partial charge on any atom is -0.465 e. The Morgan fingerprint density at radius 2 is 2.33 bits per heavy atom. The van der Waals surface area contributed by atoms with Gasteiger partial charge in [-0.1, -0.05) is 29.4 Å². The highest BCUT2D eigenvalue weighted by atomic mass is 16.3. The maximum absolute atomic E-state index is 5.73. The van der Waals surface area contributed by atoms with Crippen molar-refractivity contribution in [1.82, 2.24) is 0 Å². The first kappa shape index (κ1) is 12.5. The highest BCUT2D eigenvalue weighted by Crippen LogP contribution is 2.34. The van der Waals surface area contributed by atoms with Gasteiger partial charge in [0, 0.05) is 5.70 Å². The van der Waals surface area contributed by atoms with Gasteiger partial charge in [-0.2, -0.15) is 0 Å².